The van der Waals surface area contributed by atoms with Crippen LogP contribution in [0.15, 0.2) is 95.9 Å². The van der Waals surface area contributed by atoms with Crippen LogP contribution in [-0.2, 0) is 13.0 Å². The maximum absolute atomic E-state index is 15.3. The standard InChI is InChI=1S/C32H27F2N3O3/c33-25-14-7-13-24-23(25)12-6-2-5-11-22-19-37(29(24)26-15-8-16-28(34)35-26)36-18-17-27(38)32(30(36)31(22)39)40-20-21-9-3-1-4-10-21/h1-5,7-10,13-18,22,29H,6,11-12,19-20H2/b5-2+/t22?,29-/m0/s1. The number of ether oxygens (including phenoxy) is 1. The molecule has 0 amide bonds. The van der Waals surface area contributed by atoms with Crippen LogP contribution in [0.1, 0.15) is 51.8 Å². The molecular formula is C32H27F2N3O3. The van der Waals surface area contributed by atoms with Crippen LogP contribution in [0.4, 0.5) is 8.78 Å². The summed E-state index contributed by atoms with van der Waals surface area (Å²) in [5.74, 6) is -1.80. The first-order chi connectivity index (χ1) is 19.5. The largest absolute Gasteiger partial charge is 0.483 e. The molecule has 2 bridgehead atoms. The van der Waals surface area contributed by atoms with Crippen LogP contribution in [0.2, 0.25) is 0 Å². The summed E-state index contributed by atoms with van der Waals surface area (Å²) >= 11 is 0. The van der Waals surface area contributed by atoms with Crippen LogP contribution in [0.3, 0.4) is 0 Å². The Balaban J connectivity index is 1.57. The minimum Gasteiger partial charge on any atom is -0.483 e. The molecule has 0 radical (unpaired) electrons. The molecule has 6 nitrogen and oxygen atoms in total. The molecule has 2 aromatic heterocycles. The number of halogens is 2. The lowest BCUT2D eigenvalue weighted by atomic mass is 9.91. The van der Waals surface area contributed by atoms with Gasteiger partial charge in [-0.3, -0.25) is 19.3 Å². The molecule has 2 aliphatic rings. The minimum atomic E-state index is -0.738. The molecule has 6 rings (SSSR count). The molecule has 202 valence electrons. The zero-order chi connectivity index (χ0) is 27.6. The number of ketones is 1. The second-order valence-electron chi connectivity index (χ2n) is 10.0. The fraction of sp³-hybridized carbons (Fsp3) is 0.219. The predicted molar refractivity (Wildman–Crippen MR) is 147 cm³/mol. The topological polar surface area (TPSA) is 64.4 Å². The molecule has 1 unspecified atom stereocenters. The van der Waals surface area contributed by atoms with Crippen LogP contribution in [0, 0.1) is 17.7 Å². The van der Waals surface area contributed by atoms with Gasteiger partial charge in [0.25, 0.3) is 0 Å². The quantitative estimate of drug-likeness (QED) is 0.252. The molecule has 0 aliphatic carbocycles. The molecule has 2 aliphatic heterocycles. The first kappa shape index (κ1) is 25.7. The molecule has 40 heavy (non-hydrogen) atoms. The van der Waals surface area contributed by atoms with Crippen LogP contribution in [0.25, 0.3) is 0 Å². The van der Waals surface area contributed by atoms with Gasteiger partial charge in [0.05, 0.1) is 5.69 Å². The molecule has 0 fully saturated rings. The fourth-order valence-electron chi connectivity index (χ4n) is 5.57. The van der Waals surface area contributed by atoms with Crippen molar-refractivity contribution in [2.24, 2.45) is 5.92 Å². The predicted octanol–water partition coefficient (Wildman–Crippen LogP) is 5.53. The normalized spacial score (nSPS) is 19.2. The second-order valence-corrected chi connectivity index (χ2v) is 10.0. The molecule has 2 aromatic carbocycles. The summed E-state index contributed by atoms with van der Waals surface area (Å²) in [5.41, 5.74) is 2.04. The van der Waals surface area contributed by atoms with Gasteiger partial charge in [0, 0.05) is 24.7 Å². The van der Waals surface area contributed by atoms with E-state index in [2.05, 4.69) is 4.98 Å². The number of aromatic nitrogens is 2. The number of hydrogen-bond acceptors (Lipinski definition) is 5. The monoisotopic (exact) mass is 539 g/mol. The van der Waals surface area contributed by atoms with E-state index < -0.39 is 23.3 Å². The first-order valence-electron chi connectivity index (χ1n) is 13.3. The summed E-state index contributed by atoms with van der Waals surface area (Å²) in [6.07, 6.45) is 6.85. The third kappa shape index (κ3) is 4.81. The maximum Gasteiger partial charge on any atom is 0.224 e. The van der Waals surface area contributed by atoms with Gasteiger partial charge in [0.15, 0.2) is 17.2 Å². The number of nitrogens with zero attached hydrogens (tertiary/aromatic N) is 3. The third-order valence-corrected chi connectivity index (χ3v) is 7.46. The van der Waals surface area contributed by atoms with E-state index in [1.54, 1.807) is 22.9 Å². The number of benzene rings is 2. The SMILES string of the molecule is O=C1c2c(OCc3ccccc3)c(=O)ccn2N2CC1C/C=C/CCc1c(F)cccc1[C@H]2c1cccc(F)n1. The lowest BCUT2D eigenvalue weighted by molar-refractivity contribution is 0.0877. The van der Waals surface area contributed by atoms with Crippen molar-refractivity contribution < 1.29 is 18.3 Å². The number of allylic oxidation sites excluding steroid dienone is 2. The highest BCUT2D eigenvalue weighted by molar-refractivity contribution is 6.00. The molecule has 4 heterocycles. The van der Waals surface area contributed by atoms with Gasteiger partial charge in [-0.2, -0.15) is 4.39 Å². The Morgan fingerprint density at radius 1 is 0.925 bits per heavy atom. The Hall–Kier alpha value is -4.59. The van der Waals surface area contributed by atoms with Gasteiger partial charge in [-0.15, -0.1) is 0 Å². The van der Waals surface area contributed by atoms with Crippen molar-refractivity contribution in [3.8, 4) is 5.75 Å². The number of hydrogen-bond donors (Lipinski definition) is 0. The van der Waals surface area contributed by atoms with E-state index in [1.165, 1.54) is 24.4 Å². The van der Waals surface area contributed by atoms with Crippen molar-refractivity contribution in [3.63, 3.8) is 0 Å². The summed E-state index contributed by atoms with van der Waals surface area (Å²) < 4.78 is 37.4. The van der Waals surface area contributed by atoms with Crippen molar-refractivity contribution in [1.29, 1.82) is 0 Å². The number of carbonyl (C=O) groups is 1. The van der Waals surface area contributed by atoms with Crippen LogP contribution in [0.5, 0.6) is 5.75 Å². The summed E-state index contributed by atoms with van der Waals surface area (Å²) in [7, 11) is 0. The number of pyridine rings is 2. The molecular weight excluding hydrogens is 512 g/mol. The van der Waals surface area contributed by atoms with Crippen molar-refractivity contribution >= 4 is 5.78 Å². The van der Waals surface area contributed by atoms with Gasteiger partial charge < -0.3 is 4.74 Å². The maximum atomic E-state index is 15.3. The zero-order valence-corrected chi connectivity index (χ0v) is 21.7. The smallest absolute Gasteiger partial charge is 0.224 e. The Labute approximate surface area is 230 Å². The zero-order valence-electron chi connectivity index (χ0n) is 21.7. The number of carbonyl (C=O) groups excluding carboxylic acids is 1. The van der Waals surface area contributed by atoms with Gasteiger partial charge in [-0.25, -0.2) is 9.37 Å². The van der Waals surface area contributed by atoms with E-state index in [1.807, 2.05) is 53.6 Å². The average Bonchev–Trinajstić information content (AvgIpc) is 2.99. The van der Waals surface area contributed by atoms with E-state index in [0.29, 0.717) is 36.1 Å². The van der Waals surface area contributed by atoms with Gasteiger partial charge >= 0.3 is 0 Å². The Bertz CT molecular complexity index is 1650. The van der Waals surface area contributed by atoms with Crippen molar-refractivity contribution in [2.45, 2.75) is 31.9 Å². The van der Waals surface area contributed by atoms with E-state index in [-0.39, 0.29) is 36.2 Å². The number of fused-ring (bicyclic) bond motifs is 5. The molecule has 0 N–H and O–H groups in total. The molecule has 0 saturated heterocycles. The summed E-state index contributed by atoms with van der Waals surface area (Å²) in [6.45, 7) is 0.351. The Kier molecular flexibility index (Phi) is 6.99. The number of Topliss-reactive ketones (excluding diaryl/α,β-unsaturated/α-hetero) is 1. The van der Waals surface area contributed by atoms with Crippen LogP contribution < -0.4 is 15.2 Å². The molecule has 0 spiro atoms. The van der Waals surface area contributed by atoms with E-state index in [9.17, 15) is 14.0 Å². The Morgan fingerprint density at radius 2 is 1.75 bits per heavy atom. The van der Waals surface area contributed by atoms with E-state index in [0.717, 1.165) is 5.56 Å². The third-order valence-electron chi connectivity index (χ3n) is 7.46. The highest BCUT2D eigenvalue weighted by atomic mass is 19.1. The van der Waals surface area contributed by atoms with Gasteiger partial charge in [-0.1, -0.05) is 60.7 Å². The average molecular weight is 540 g/mol. The fourth-order valence-corrected chi connectivity index (χ4v) is 5.57. The highest BCUT2D eigenvalue weighted by Crippen LogP contribution is 2.37. The summed E-state index contributed by atoms with van der Waals surface area (Å²) in [4.78, 5) is 31.2. The van der Waals surface area contributed by atoms with Crippen molar-refractivity contribution in [1.82, 2.24) is 9.66 Å². The number of rotatable bonds is 4. The van der Waals surface area contributed by atoms with Crippen molar-refractivity contribution in [2.75, 3.05) is 11.6 Å². The second kappa shape index (κ2) is 10.9. The van der Waals surface area contributed by atoms with Gasteiger partial charge in [0.2, 0.25) is 11.4 Å². The molecule has 0 saturated carbocycles. The molecule has 2 atom stereocenters. The summed E-state index contributed by atoms with van der Waals surface area (Å²) in [6, 6.07) is 19.4. The minimum absolute atomic E-state index is 0.0460. The van der Waals surface area contributed by atoms with Crippen LogP contribution in [-0.4, -0.2) is 22.0 Å². The molecule has 4 aromatic rings. The van der Waals surface area contributed by atoms with Crippen LogP contribution >= 0.6 is 0 Å². The molecule has 8 heteroatoms. The van der Waals surface area contributed by atoms with Gasteiger partial charge in [-0.05, 0) is 54.2 Å². The lowest BCUT2D eigenvalue weighted by Gasteiger charge is -2.42. The first-order valence-corrected chi connectivity index (χ1v) is 13.3. The highest BCUT2D eigenvalue weighted by Gasteiger charge is 2.39. The Morgan fingerprint density at radius 3 is 2.58 bits per heavy atom. The van der Waals surface area contributed by atoms with E-state index in [4.69, 9.17) is 4.74 Å². The van der Waals surface area contributed by atoms with E-state index >= 15 is 4.39 Å². The summed E-state index contributed by atoms with van der Waals surface area (Å²) in [5, 5.41) is 1.87. The lowest BCUT2D eigenvalue weighted by Crippen LogP contribution is -2.51. The van der Waals surface area contributed by atoms with Gasteiger partial charge in [0.1, 0.15) is 18.5 Å². The van der Waals surface area contributed by atoms with Crippen molar-refractivity contribution in [3.05, 3.63) is 141 Å².